The van der Waals surface area contributed by atoms with Crippen LogP contribution in [0.15, 0.2) is 58.8 Å². The molecule has 0 aliphatic carbocycles. The lowest BCUT2D eigenvalue weighted by Gasteiger charge is -1.99. The summed E-state index contributed by atoms with van der Waals surface area (Å²) in [5.41, 5.74) is 7.74. The Labute approximate surface area is 136 Å². The fraction of sp³-hybridized carbons (Fsp3) is 0.0625. The van der Waals surface area contributed by atoms with E-state index in [1.54, 1.807) is 25.3 Å². The third kappa shape index (κ3) is 3.51. The van der Waals surface area contributed by atoms with E-state index in [2.05, 4.69) is 15.2 Å². The number of rotatable bonds is 4. The second-order valence-electron chi connectivity index (χ2n) is 4.61. The van der Waals surface area contributed by atoms with Gasteiger partial charge in [-0.15, -0.1) is 10.2 Å². The van der Waals surface area contributed by atoms with Crippen LogP contribution in [0.25, 0.3) is 11.3 Å². The number of nitrogens with zero attached hydrogens (tertiary/aromatic N) is 3. The van der Waals surface area contributed by atoms with E-state index in [0.717, 1.165) is 5.56 Å². The molecule has 23 heavy (non-hydrogen) atoms. The predicted octanol–water partition coefficient (Wildman–Crippen LogP) is 4.96. The van der Waals surface area contributed by atoms with Crippen LogP contribution in [-0.4, -0.2) is 12.1 Å². The molecule has 0 radical (unpaired) electrons. The van der Waals surface area contributed by atoms with Gasteiger partial charge in [-0.1, -0.05) is 17.4 Å². The highest BCUT2D eigenvalue weighted by Gasteiger charge is 2.11. The average molecular weight is 328 g/mol. The largest absolute Gasteiger partial charge is 0.497 e. The lowest BCUT2D eigenvalue weighted by molar-refractivity contribution is 0.415. The van der Waals surface area contributed by atoms with E-state index in [0.29, 0.717) is 27.3 Å². The molecule has 2 N–H and O–H groups in total. The standard InChI is InChI=1S/C16H13FN4OS/c1-22-13-4-2-3-12(9-13)20-21-15-14(19-16(18)23-15)10-5-7-11(17)8-6-10/h2-9H,1H3,(H2,18,19). The monoisotopic (exact) mass is 328 g/mol. The zero-order chi connectivity index (χ0) is 16.2. The molecule has 3 aromatic rings. The van der Waals surface area contributed by atoms with E-state index >= 15 is 0 Å². The molecule has 5 nitrogen and oxygen atoms in total. The number of hydrogen-bond donors (Lipinski definition) is 1. The van der Waals surface area contributed by atoms with Gasteiger partial charge in [-0.05, 0) is 36.4 Å². The maximum absolute atomic E-state index is 13.1. The van der Waals surface area contributed by atoms with Gasteiger partial charge >= 0.3 is 0 Å². The number of methoxy groups -OCH3 is 1. The second-order valence-corrected chi connectivity index (χ2v) is 5.62. The first-order valence-corrected chi connectivity index (χ1v) is 7.55. The number of ether oxygens (including phenoxy) is 1. The van der Waals surface area contributed by atoms with E-state index in [-0.39, 0.29) is 5.82 Å². The van der Waals surface area contributed by atoms with Gasteiger partial charge in [-0.2, -0.15) is 0 Å². The van der Waals surface area contributed by atoms with E-state index in [1.165, 1.54) is 23.5 Å². The molecular weight excluding hydrogens is 315 g/mol. The van der Waals surface area contributed by atoms with Crippen LogP contribution in [0, 0.1) is 5.82 Å². The van der Waals surface area contributed by atoms with Gasteiger partial charge in [0.15, 0.2) is 10.1 Å². The van der Waals surface area contributed by atoms with Crippen molar-refractivity contribution in [3.8, 4) is 17.0 Å². The average Bonchev–Trinajstić information content (AvgIpc) is 2.94. The molecular formula is C16H13FN4OS. The molecule has 7 heteroatoms. The highest BCUT2D eigenvalue weighted by atomic mass is 32.1. The van der Waals surface area contributed by atoms with E-state index in [9.17, 15) is 4.39 Å². The highest BCUT2D eigenvalue weighted by Crippen LogP contribution is 2.38. The topological polar surface area (TPSA) is 72.9 Å². The maximum atomic E-state index is 13.1. The summed E-state index contributed by atoms with van der Waals surface area (Å²) in [4.78, 5) is 4.25. The van der Waals surface area contributed by atoms with Crippen LogP contribution in [0.4, 0.5) is 20.2 Å². The Morgan fingerprint density at radius 2 is 1.91 bits per heavy atom. The Balaban J connectivity index is 1.94. The lowest BCUT2D eigenvalue weighted by Crippen LogP contribution is -1.83. The minimum atomic E-state index is -0.309. The Morgan fingerprint density at radius 1 is 1.13 bits per heavy atom. The molecule has 1 heterocycles. The number of hydrogen-bond acceptors (Lipinski definition) is 6. The Bertz CT molecular complexity index is 846. The molecule has 0 saturated carbocycles. The normalized spacial score (nSPS) is 11.0. The van der Waals surface area contributed by atoms with Crippen LogP contribution in [0.3, 0.4) is 0 Å². The van der Waals surface area contributed by atoms with Crippen LogP contribution in [0.1, 0.15) is 0 Å². The Hall–Kier alpha value is -2.80. The molecule has 0 atom stereocenters. The van der Waals surface area contributed by atoms with Crippen LogP contribution in [0.2, 0.25) is 0 Å². The van der Waals surface area contributed by atoms with Crippen LogP contribution in [0.5, 0.6) is 5.75 Å². The van der Waals surface area contributed by atoms with E-state index < -0.39 is 0 Å². The summed E-state index contributed by atoms with van der Waals surface area (Å²) in [6, 6.07) is 13.2. The van der Waals surface area contributed by atoms with Gasteiger partial charge < -0.3 is 10.5 Å². The first-order chi connectivity index (χ1) is 11.2. The molecule has 0 aliphatic heterocycles. The third-order valence-corrected chi connectivity index (χ3v) is 3.82. The van der Waals surface area contributed by atoms with Crippen molar-refractivity contribution in [2.45, 2.75) is 0 Å². The Morgan fingerprint density at radius 3 is 2.65 bits per heavy atom. The number of benzene rings is 2. The molecule has 116 valence electrons. The van der Waals surface area contributed by atoms with Crippen molar-refractivity contribution >= 4 is 27.2 Å². The fourth-order valence-corrected chi connectivity index (χ4v) is 2.64. The number of nitrogens with two attached hydrogens (primary N) is 1. The highest BCUT2D eigenvalue weighted by molar-refractivity contribution is 7.19. The quantitative estimate of drug-likeness (QED) is 0.688. The summed E-state index contributed by atoms with van der Waals surface area (Å²) in [5, 5.41) is 9.36. The first kappa shape index (κ1) is 15.1. The predicted molar refractivity (Wildman–Crippen MR) is 89.1 cm³/mol. The van der Waals surface area contributed by atoms with E-state index in [1.807, 2.05) is 18.2 Å². The first-order valence-electron chi connectivity index (χ1n) is 6.74. The van der Waals surface area contributed by atoms with Crippen molar-refractivity contribution in [1.82, 2.24) is 4.98 Å². The minimum absolute atomic E-state index is 0.309. The van der Waals surface area contributed by atoms with Crippen LogP contribution >= 0.6 is 11.3 Å². The summed E-state index contributed by atoms with van der Waals surface area (Å²) < 4.78 is 18.2. The molecule has 0 unspecified atom stereocenters. The van der Waals surface area contributed by atoms with E-state index in [4.69, 9.17) is 10.5 Å². The lowest BCUT2D eigenvalue weighted by atomic mass is 10.1. The number of halogens is 1. The maximum Gasteiger partial charge on any atom is 0.182 e. The van der Waals surface area contributed by atoms with Crippen molar-refractivity contribution in [2.24, 2.45) is 10.2 Å². The van der Waals surface area contributed by atoms with Crippen LogP contribution < -0.4 is 10.5 Å². The van der Waals surface area contributed by atoms with Gasteiger partial charge in [0.1, 0.15) is 17.3 Å². The summed E-state index contributed by atoms with van der Waals surface area (Å²) in [7, 11) is 1.59. The Kier molecular flexibility index (Phi) is 4.29. The number of azo groups is 1. The van der Waals surface area contributed by atoms with Crippen molar-refractivity contribution in [3.05, 3.63) is 54.3 Å². The fourth-order valence-electron chi connectivity index (χ4n) is 1.97. The molecule has 1 aromatic heterocycles. The molecule has 0 amide bonds. The summed E-state index contributed by atoms with van der Waals surface area (Å²) in [6.45, 7) is 0. The molecule has 3 rings (SSSR count). The van der Waals surface area contributed by atoms with Gasteiger partial charge in [0.05, 0.1) is 12.8 Å². The number of anilines is 1. The molecule has 0 spiro atoms. The SMILES string of the molecule is COc1cccc(N=Nc2sc(N)nc2-c2ccc(F)cc2)c1. The number of aromatic nitrogens is 1. The van der Waals surface area contributed by atoms with Gasteiger partial charge in [0, 0.05) is 11.6 Å². The summed E-state index contributed by atoms with van der Waals surface area (Å²) in [6.07, 6.45) is 0. The number of nitrogen functional groups attached to an aromatic ring is 1. The second kappa shape index (κ2) is 6.53. The van der Waals surface area contributed by atoms with Crippen LogP contribution in [-0.2, 0) is 0 Å². The zero-order valence-electron chi connectivity index (χ0n) is 12.2. The van der Waals surface area contributed by atoms with Crippen molar-refractivity contribution in [3.63, 3.8) is 0 Å². The zero-order valence-corrected chi connectivity index (χ0v) is 13.0. The van der Waals surface area contributed by atoms with Crippen molar-refractivity contribution in [2.75, 3.05) is 12.8 Å². The summed E-state index contributed by atoms with van der Waals surface area (Å²) >= 11 is 1.22. The van der Waals surface area contributed by atoms with Gasteiger partial charge in [0.25, 0.3) is 0 Å². The molecule has 0 bridgehead atoms. The van der Waals surface area contributed by atoms with Gasteiger partial charge in [-0.25, -0.2) is 9.37 Å². The third-order valence-electron chi connectivity index (χ3n) is 3.05. The van der Waals surface area contributed by atoms with Gasteiger partial charge in [0.2, 0.25) is 0 Å². The van der Waals surface area contributed by atoms with Gasteiger partial charge in [-0.3, -0.25) is 0 Å². The summed E-state index contributed by atoms with van der Waals surface area (Å²) in [5.74, 6) is 0.389. The smallest absolute Gasteiger partial charge is 0.182 e. The minimum Gasteiger partial charge on any atom is -0.497 e. The van der Waals surface area contributed by atoms with Crippen molar-refractivity contribution in [1.29, 1.82) is 0 Å². The molecule has 0 saturated heterocycles. The molecule has 2 aromatic carbocycles. The molecule has 0 aliphatic rings. The van der Waals surface area contributed by atoms with Crippen molar-refractivity contribution < 1.29 is 9.13 Å². The number of thiazole rings is 1. The molecule has 0 fully saturated rings.